The van der Waals surface area contributed by atoms with E-state index in [0.717, 1.165) is 6.07 Å². The summed E-state index contributed by atoms with van der Waals surface area (Å²) in [5, 5.41) is 9.99. The van der Waals surface area contributed by atoms with Crippen molar-refractivity contribution >= 4 is 5.91 Å². The van der Waals surface area contributed by atoms with Gasteiger partial charge < -0.3 is 14.6 Å². The summed E-state index contributed by atoms with van der Waals surface area (Å²) in [6.07, 6.45) is -6.84. The Labute approximate surface area is 134 Å². The fraction of sp³-hybridized carbons (Fsp3) is 0.357. The van der Waals surface area contributed by atoms with Crippen molar-refractivity contribution in [3.63, 3.8) is 0 Å². The Balaban J connectivity index is 2.03. The molecule has 0 radical (unpaired) electrons. The number of aryl methyl sites for hydroxylation is 1. The minimum Gasteiger partial charge on any atom is -0.427 e. The van der Waals surface area contributed by atoms with Crippen molar-refractivity contribution in [3.8, 4) is 5.75 Å². The second-order valence-corrected chi connectivity index (χ2v) is 4.82. The highest BCUT2D eigenvalue weighted by Gasteiger charge is 2.44. The van der Waals surface area contributed by atoms with Crippen molar-refractivity contribution in [1.82, 2.24) is 20.1 Å². The third kappa shape index (κ3) is 4.21. The summed E-state index contributed by atoms with van der Waals surface area (Å²) >= 11 is 0. The monoisotopic (exact) mass is 346 g/mol. The molecule has 1 heterocycles. The zero-order chi connectivity index (χ0) is 17.7. The van der Waals surface area contributed by atoms with Crippen LogP contribution in [0, 0.1) is 0 Å². The lowest BCUT2D eigenvalue weighted by Crippen LogP contribution is -2.34. The van der Waals surface area contributed by atoms with Crippen LogP contribution in [0.1, 0.15) is 16.2 Å². The number of amides is 1. The molecule has 24 heavy (non-hydrogen) atoms. The zero-order valence-corrected chi connectivity index (χ0v) is 12.5. The molecule has 1 aromatic carbocycles. The number of carbonyl (C=O) groups is 1. The third-order valence-electron chi connectivity index (χ3n) is 3.07. The molecule has 0 aliphatic heterocycles. The Bertz CT molecular complexity index is 706. The van der Waals surface area contributed by atoms with E-state index < -0.39 is 24.2 Å². The van der Waals surface area contributed by atoms with Gasteiger partial charge in [0.05, 0.1) is 5.56 Å². The van der Waals surface area contributed by atoms with Crippen LogP contribution in [0.3, 0.4) is 0 Å². The molecule has 6 nitrogen and oxygen atoms in total. The molecule has 0 fully saturated rings. The van der Waals surface area contributed by atoms with Gasteiger partial charge in [0.2, 0.25) is 0 Å². The van der Waals surface area contributed by atoms with E-state index in [1.807, 2.05) is 0 Å². The summed E-state index contributed by atoms with van der Waals surface area (Å²) in [6.45, 7) is 0.158. The largest absolute Gasteiger partial charge is 0.461 e. The lowest BCUT2D eigenvalue weighted by atomic mass is 10.2. The summed E-state index contributed by atoms with van der Waals surface area (Å²) in [5.41, 5.74) is -0.268. The smallest absolute Gasteiger partial charge is 0.427 e. The molecule has 10 heteroatoms. The Kier molecular flexibility index (Phi) is 5.37. The van der Waals surface area contributed by atoms with E-state index in [1.54, 1.807) is 11.6 Å². The summed E-state index contributed by atoms with van der Waals surface area (Å²) in [7, 11) is 1.73. The van der Waals surface area contributed by atoms with Crippen LogP contribution in [0.5, 0.6) is 5.75 Å². The van der Waals surface area contributed by atoms with Gasteiger partial charge in [0, 0.05) is 20.0 Å². The second-order valence-electron chi connectivity index (χ2n) is 4.82. The maximum Gasteiger partial charge on any atom is 0.461 e. The molecule has 0 saturated carbocycles. The van der Waals surface area contributed by atoms with E-state index in [0.29, 0.717) is 12.2 Å². The van der Waals surface area contributed by atoms with Gasteiger partial charge in [-0.3, -0.25) is 4.79 Å². The van der Waals surface area contributed by atoms with Crippen molar-refractivity contribution in [3.05, 3.63) is 42.0 Å². The van der Waals surface area contributed by atoms with Gasteiger partial charge in [0.25, 0.3) is 5.91 Å². The van der Waals surface area contributed by atoms with Gasteiger partial charge in [-0.05, 0) is 12.1 Å². The number of carbonyl (C=O) groups excluding carboxylic acids is 1. The van der Waals surface area contributed by atoms with Crippen LogP contribution in [0.25, 0.3) is 0 Å². The standard InChI is InChI=1S/C14H14F4N4O2/c1-22-8-20-21-11(22)6-7-19-12(23)9-4-2-3-5-10(9)24-14(17,18)13(15)16/h2-5,8,13H,6-7H2,1H3,(H,19,23). The molecule has 0 saturated heterocycles. The molecule has 0 aliphatic rings. The predicted molar refractivity (Wildman–Crippen MR) is 75.1 cm³/mol. The number of halogens is 4. The number of aromatic nitrogens is 3. The maximum absolute atomic E-state index is 13.0. The van der Waals surface area contributed by atoms with Crippen molar-refractivity contribution in [2.45, 2.75) is 19.0 Å². The van der Waals surface area contributed by atoms with Crippen LogP contribution in [-0.4, -0.2) is 39.8 Å². The number of nitrogens with one attached hydrogen (secondary N) is 1. The number of nitrogens with zero attached hydrogens (tertiary/aromatic N) is 3. The number of ether oxygens (including phenoxy) is 1. The maximum atomic E-state index is 13.0. The summed E-state index contributed by atoms with van der Waals surface area (Å²) in [6, 6.07) is 4.93. The lowest BCUT2D eigenvalue weighted by molar-refractivity contribution is -0.253. The molecule has 0 spiro atoms. The molecular weight excluding hydrogens is 332 g/mol. The molecule has 0 aliphatic carbocycles. The topological polar surface area (TPSA) is 69.0 Å². The van der Waals surface area contributed by atoms with Gasteiger partial charge in [-0.15, -0.1) is 10.2 Å². The number of hydrogen-bond donors (Lipinski definition) is 1. The first-order valence-electron chi connectivity index (χ1n) is 6.86. The summed E-state index contributed by atoms with van der Waals surface area (Å²) in [4.78, 5) is 12.1. The molecule has 1 amide bonds. The van der Waals surface area contributed by atoms with E-state index in [-0.39, 0.29) is 12.1 Å². The molecule has 0 unspecified atom stereocenters. The number of rotatable bonds is 7. The molecule has 1 N–H and O–H groups in total. The quantitative estimate of drug-likeness (QED) is 0.779. The highest BCUT2D eigenvalue weighted by atomic mass is 19.3. The van der Waals surface area contributed by atoms with Crippen LogP contribution < -0.4 is 10.1 Å². The van der Waals surface area contributed by atoms with Crippen LogP contribution in [0.2, 0.25) is 0 Å². The Hall–Kier alpha value is -2.65. The first-order valence-corrected chi connectivity index (χ1v) is 6.86. The molecule has 2 rings (SSSR count). The van der Waals surface area contributed by atoms with Gasteiger partial charge in [-0.2, -0.15) is 17.6 Å². The van der Waals surface area contributed by atoms with Crippen molar-refractivity contribution in [1.29, 1.82) is 0 Å². The normalized spacial score (nSPS) is 11.6. The van der Waals surface area contributed by atoms with Crippen LogP contribution in [-0.2, 0) is 13.5 Å². The van der Waals surface area contributed by atoms with Crippen molar-refractivity contribution in [2.75, 3.05) is 6.54 Å². The van der Waals surface area contributed by atoms with Gasteiger partial charge in [-0.1, -0.05) is 12.1 Å². The number of benzene rings is 1. The Morgan fingerprint density at radius 2 is 2.08 bits per heavy atom. The van der Waals surface area contributed by atoms with E-state index in [1.165, 1.54) is 24.5 Å². The highest BCUT2D eigenvalue weighted by molar-refractivity contribution is 5.96. The van der Waals surface area contributed by atoms with Crippen molar-refractivity contribution < 1.29 is 27.1 Å². The second kappa shape index (κ2) is 7.28. The highest BCUT2D eigenvalue weighted by Crippen LogP contribution is 2.29. The molecule has 2 aromatic rings. The van der Waals surface area contributed by atoms with Crippen LogP contribution in [0.15, 0.2) is 30.6 Å². The van der Waals surface area contributed by atoms with Gasteiger partial charge in [0.15, 0.2) is 0 Å². The fourth-order valence-electron chi connectivity index (χ4n) is 1.85. The molecular formula is C14H14F4N4O2. The number of alkyl halides is 4. The average Bonchev–Trinajstić information content (AvgIpc) is 2.92. The Morgan fingerprint density at radius 3 is 2.71 bits per heavy atom. The van der Waals surface area contributed by atoms with Gasteiger partial charge in [0.1, 0.15) is 17.9 Å². The summed E-state index contributed by atoms with van der Waals surface area (Å²) in [5.74, 6) is -0.735. The van der Waals surface area contributed by atoms with E-state index in [2.05, 4.69) is 20.3 Å². The number of para-hydroxylation sites is 1. The minimum atomic E-state index is -4.69. The van der Waals surface area contributed by atoms with Crippen LogP contribution >= 0.6 is 0 Å². The molecule has 0 atom stereocenters. The van der Waals surface area contributed by atoms with Gasteiger partial charge in [-0.25, -0.2) is 0 Å². The molecule has 1 aromatic heterocycles. The van der Waals surface area contributed by atoms with Crippen molar-refractivity contribution in [2.24, 2.45) is 7.05 Å². The third-order valence-corrected chi connectivity index (χ3v) is 3.07. The first-order chi connectivity index (χ1) is 11.3. The van der Waals surface area contributed by atoms with E-state index in [9.17, 15) is 22.4 Å². The van der Waals surface area contributed by atoms with E-state index in [4.69, 9.17) is 0 Å². The van der Waals surface area contributed by atoms with E-state index >= 15 is 0 Å². The molecule has 130 valence electrons. The van der Waals surface area contributed by atoms with Crippen LogP contribution in [0.4, 0.5) is 17.6 Å². The lowest BCUT2D eigenvalue weighted by Gasteiger charge is -2.18. The SMILES string of the molecule is Cn1cnnc1CCNC(=O)c1ccccc1OC(F)(F)C(F)F. The predicted octanol–water partition coefficient (Wildman–Crippen LogP) is 2.02. The number of hydrogen-bond acceptors (Lipinski definition) is 4. The minimum absolute atomic E-state index is 0.158. The zero-order valence-electron chi connectivity index (χ0n) is 12.5. The first kappa shape index (κ1) is 17.7. The Morgan fingerprint density at radius 1 is 1.38 bits per heavy atom. The average molecular weight is 346 g/mol. The van der Waals surface area contributed by atoms with Gasteiger partial charge >= 0.3 is 12.5 Å². The summed E-state index contributed by atoms with van der Waals surface area (Å²) < 4.78 is 56.2. The fourth-order valence-corrected chi connectivity index (χ4v) is 1.85. The molecule has 0 bridgehead atoms.